The number of allylic oxidation sites excluding steroid dienone is 3. The van der Waals surface area contributed by atoms with E-state index in [0.29, 0.717) is 45.0 Å². The molecule has 200 valence electrons. The first-order valence-electron chi connectivity index (χ1n) is 12.6. The first-order chi connectivity index (χ1) is 19.4. The number of thiazole rings is 1. The van der Waals surface area contributed by atoms with Crippen molar-refractivity contribution in [2.45, 2.75) is 36.4 Å². The molecule has 3 N–H and O–H groups in total. The molecule has 2 aromatic heterocycles. The largest absolute Gasteiger partial charge is 0.384 e. The number of nitriles is 1. The zero-order chi connectivity index (χ0) is 27.8. The quantitative estimate of drug-likeness (QED) is 0.281. The minimum Gasteiger partial charge on any atom is -0.384 e. The fraction of sp³-hybridized carbons (Fsp3) is 0.214. The summed E-state index contributed by atoms with van der Waals surface area (Å²) in [5, 5.41) is 22.7. The lowest BCUT2D eigenvalue weighted by atomic mass is 9.75. The van der Waals surface area contributed by atoms with Crippen molar-refractivity contribution < 1.29 is 9.59 Å². The molecule has 12 heteroatoms. The van der Waals surface area contributed by atoms with Gasteiger partial charge in [0.05, 0.1) is 33.5 Å². The van der Waals surface area contributed by atoms with Gasteiger partial charge < -0.3 is 11.1 Å². The number of hydrogen-bond acceptors (Lipinski definition) is 11. The van der Waals surface area contributed by atoms with Crippen molar-refractivity contribution in [3.8, 4) is 6.07 Å². The number of Topliss-reactive ketones (excluding diaryl/α,β-unsaturated/α-hetero) is 1. The lowest BCUT2D eigenvalue weighted by Gasteiger charge is -2.38. The number of benzene rings is 2. The lowest BCUT2D eigenvalue weighted by molar-refractivity contribution is -0.116. The Labute approximate surface area is 242 Å². The molecule has 4 aromatic rings. The molecule has 0 fully saturated rings. The zero-order valence-electron chi connectivity index (χ0n) is 21.4. The number of aromatic nitrogens is 3. The summed E-state index contributed by atoms with van der Waals surface area (Å²) in [7, 11) is 0. The summed E-state index contributed by atoms with van der Waals surface area (Å²) in [5.74, 6) is -0.316. The second kappa shape index (κ2) is 10.8. The van der Waals surface area contributed by atoms with Crippen LogP contribution in [0.25, 0.3) is 10.2 Å². The third-order valence-electron chi connectivity index (χ3n) is 6.87. The number of hydrogen-bond donors (Lipinski definition) is 2. The van der Waals surface area contributed by atoms with Gasteiger partial charge >= 0.3 is 0 Å². The van der Waals surface area contributed by atoms with Crippen LogP contribution in [0.3, 0.4) is 0 Å². The molecule has 0 spiro atoms. The molecule has 3 heterocycles. The van der Waals surface area contributed by atoms with Gasteiger partial charge in [-0.3, -0.25) is 14.5 Å². The first-order valence-corrected chi connectivity index (χ1v) is 15.2. The Morgan fingerprint density at radius 1 is 1.18 bits per heavy atom. The number of rotatable bonds is 6. The van der Waals surface area contributed by atoms with Crippen molar-refractivity contribution in [3.63, 3.8) is 0 Å². The number of aryl methyl sites for hydroxylation is 1. The normalized spacial score (nSPS) is 17.2. The summed E-state index contributed by atoms with van der Waals surface area (Å²) in [5.41, 5.74) is 11.1. The van der Waals surface area contributed by atoms with Gasteiger partial charge in [-0.15, -0.1) is 10.2 Å². The van der Waals surface area contributed by atoms with Crippen molar-refractivity contribution in [1.82, 2.24) is 15.2 Å². The van der Waals surface area contributed by atoms with Crippen LogP contribution in [-0.2, 0) is 9.59 Å². The van der Waals surface area contributed by atoms with Gasteiger partial charge in [0.15, 0.2) is 15.3 Å². The molecule has 1 aliphatic carbocycles. The Hall–Kier alpha value is -4.05. The van der Waals surface area contributed by atoms with E-state index < -0.39 is 5.92 Å². The Balaban J connectivity index is 1.25. The van der Waals surface area contributed by atoms with Crippen LogP contribution in [0.1, 0.15) is 36.3 Å². The minimum absolute atomic E-state index is 0.0189. The van der Waals surface area contributed by atoms with E-state index in [1.54, 1.807) is 4.90 Å². The highest BCUT2D eigenvalue weighted by Crippen LogP contribution is 2.47. The van der Waals surface area contributed by atoms with E-state index in [-0.39, 0.29) is 23.3 Å². The molecule has 2 aliphatic rings. The highest BCUT2D eigenvalue weighted by Gasteiger charge is 2.41. The topological polar surface area (TPSA) is 138 Å². The van der Waals surface area contributed by atoms with E-state index in [4.69, 9.17) is 5.73 Å². The second-order valence-electron chi connectivity index (χ2n) is 9.35. The van der Waals surface area contributed by atoms with Crippen molar-refractivity contribution in [3.05, 3.63) is 82.3 Å². The molecule has 1 atom stereocenters. The van der Waals surface area contributed by atoms with E-state index in [1.165, 1.54) is 34.4 Å². The smallest absolute Gasteiger partial charge is 0.236 e. The molecule has 1 amide bonds. The van der Waals surface area contributed by atoms with Crippen LogP contribution in [0.5, 0.6) is 0 Å². The number of thioether (sulfide) groups is 1. The number of nitrogens with two attached hydrogens (primary N) is 1. The highest BCUT2D eigenvalue weighted by molar-refractivity contribution is 8.01. The Bertz CT molecular complexity index is 1730. The lowest BCUT2D eigenvalue weighted by Crippen LogP contribution is -2.38. The molecule has 1 aliphatic heterocycles. The summed E-state index contributed by atoms with van der Waals surface area (Å²) >= 11 is 3.94. The van der Waals surface area contributed by atoms with Gasteiger partial charge in [0, 0.05) is 17.7 Å². The third kappa shape index (κ3) is 4.77. The number of nitrogens with zero attached hydrogens (tertiary/aromatic N) is 5. The van der Waals surface area contributed by atoms with Crippen LogP contribution < -0.4 is 16.0 Å². The number of nitrogens with one attached hydrogen (secondary N) is 1. The van der Waals surface area contributed by atoms with Crippen molar-refractivity contribution in [1.29, 1.82) is 5.26 Å². The number of anilines is 2. The molecule has 9 nitrogen and oxygen atoms in total. The minimum atomic E-state index is -0.516. The molecule has 2 aromatic carbocycles. The Morgan fingerprint density at radius 3 is 2.77 bits per heavy atom. The third-order valence-corrected chi connectivity index (χ3v) is 9.86. The maximum absolute atomic E-state index is 13.3. The van der Waals surface area contributed by atoms with E-state index in [1.807, 2.05) is 55.5 Å². The van der Waals surface area contributed by atoms with Gasteiger partial charge in [-0.05, 0) is 43.0 Å². The van der Waals surface area contributed by atoms with Crippen LogP contribution >= 0.6 is 34.4 Å². The van der Waals surface area contributed by atoms with E-state index in [0.717, 1.165) is 27.0 Å². The zero-order valence-corrected chi connectivity index (χ0v) is 23.8. The van der Waals surface area contributed by atoms with E-state index in [9.17, 15) is 14.9 Å². The maximum atomic E-state index is 13.3. The summed E-state index contributed by atoms with van der Waals surface area (Å²) in [6.45, 7) is 1.97. The molecule has 6 rings (SSSR count). The van der Waals surface area contributed by atoms with Crippen LogP contribution in [0.4, 0.5) is 10.3 Å². The monoisotopic (exact) mass is 585 g/mol. The average Bonchev–Trinajstić information content (AvgIpc) is 3.58. The highest BCUT2D eigenvalue weighted by atomic mass is 32.2. The fourth-order valence-electron chi connectivity index (χ4n) is 5.09. The predicted octanol–water partition coefficient (Wildman–Crippen LogP) is 5.49. The number of carbonyl (C=O) groups excluding carboxylic acids is 2. The van der Waals surface area contributed by atoms with Crippen molar-refractivity contribution in [2.75, 3.05) is 16.0 Å². The molecule has 0 saturated carbocycles. The van der Waals surface area contributed by atoms with Gasteiger partial charge in [-0.2, -0.15) is 5.26 Å². The molecule has 0 radical (unpaired) electrons. The van der Waals surface area contributed by atoms with Crippen LogP contribution in [0.15, 0.2) is 75.5 Å². The summed E-state index contributed by atoms with van der Waals surface area (Å²) in [6, 6.07) is 17.8. The van der Waals surface area contributed by atoms with Crippen molar-refractivity contribution >= 4 is 66.6 Å². The Morgan fingerprint density at radius 2 is 1.98 bits per heavy atom. The van der Waals surface area contributed by atoms with E-state index in [2.05, 4.69) is 26.6 Å². The fourth-order valence-corrected chi connectivity index (χ4v) is 7.65. The van der Waals surface area contributed by atoms with Gasteiger partial charge in [0.1, 0.15) is 5.82 Å². The van der Waals surface area contributed by atoms with Crippen molar-refractivity contribution in [2.24, 2.45) is 5.73 Å². The van der Waals surface area contributed by atoms with Gasteiger partial charge in [-0.1, -0.05) is 70.8 Å². The summed E-state index contributed by atoms with van der Waals surface area (Å²) < 4.78 is 1.58. The van der Waals surface area contributed by atoms with E-state index >= 15 is 0 Å². The SMILES string of the molecule is Cc1ccccc1C1C(C#N)=C(N)N(c2nnc(SCC(=O)Nc3nc4ccccc4s3)s2)C2=C1C(=O)CCC2. The maximum Gasteiger partial charge on any atom is 0.236 e. The van der Waals surface area contributed by atoms with Crippen LogP contribution in [0.2, 0.25) is 0 Å². The Kier molecular flexibility index (Phi) is 7.10. The first kappa shape index (κ1) is 26.2. The summed E-state index contributed by atoms with van der Waals surface area (Å²) in [6.07, 6.45) is 1.75. The molecule has 0 saturated heterocycles. The summed E-state index contributed by atoms with van der Waals surface area (Å²) in [4.78, 5) is 32.1. The van der Waals surface area contributed by atoms with Gasteiger partial charge in [0.25, 0.3) is 0 Å². The molecule has 0 bridgehead atoms. The second-order valence-corrected chi connectivity index (χ2v) is 12.6. The molecular weight excluding hydrogens is 563 g/mol. The number of carbonyl (C=O) groups is 2. The number of fused-ring (bicyclic) bond motifs is 1. The molecular formula is C28H23N7O2S3. The number of ketones is 1. The standard InChI is InChI=1S/C28H23N7O2S3/c1-15-7-2-3-8-16(15)23-17(13-29)25(30)35(19-10-6-11-20(36)24(19)23)27-33-34-28(40-27)38-14-22(37)32-26-31-18-9-4-5-12-21(18)39-26/h2-5,7-9,12,23H,6,10-11,14,30H2,1H3,(H,31,32,37). The molecule has 40 heavy (non-hydrogen) atoms. The van der Waals surface area contributed by atoms with Crippen LogP contribution in [-0.4, -0.2) is 32.6 Å². The number of para-hydroxylation sites is 1. The number of amides is 1. The molecule has 1 unspecified atom stereocenters. The van der Waals surface area contributed by atoms with Gasteiger partial charge in [0.2, 0.25) is 11.0 Å². The average molecular weight is 586 g/mol. The predicted molar refractivity (Wildman–Crippen MR) is 158 cm³/mol. The van der Waals surface area contributed by atoms with Crippen LogP contribution in [0, 0.1) is 18.3 Å². The van der Waals surface area contributed by atoms with Gasteiger partial charge in [-0.25, -0.2) is 4.98 Å².